The first-order chi connectivity index (χ1) is 27.8. The fourth-order valence-corrected chi connectivity index (χ4v) is 9.39. The van der Waals surface area contributed by atoms with E-state index in [2.05, 4.69) is 193 Å². The number of hydrogen-bond acceptors (Lipinski definition) is 2. The number of fused-ring (bicyclic) bond motifs is 12. The predicted octanol–water partition coefficient (Wildman–Crippen LogP) is 13.5. The highest BCUT2D eigenvalue weighted by Gasteiger charge is 2.30. The summed E-state index contributed by atoms with van der Waals surface area (Å²) < 4.78 is 2.38. The zero-order valence-corrected chi connectivity index (χ0v) is 30.4. The third-order valence-corrected chi connectivity index (χ3v) is 11.9. The Morgan fingerprint density at radius 2 is 1.04 bits per heavy atom. The normalized spacial score (nSPS) is 13.5. The molecule has 3 nitrogen and oxygen atoms in total. The van der Waals surface area contributed by atoms with Crippen LogP contribution in [-0.2, 0) is 0 Å². The lowest BCUT2D eigenvalue weighted by molar-refractivity contribution is 1.02. The molecule has 0 N–H and O–H groups in total. The molecule has 1 unspecified atom stereocenters. The van der Waals surface area contributed by atoms with Crippen LogP contribution in [0.25, 0.3) is 93.6 Å². The van der Waals surface area contributed by atoms with Gasteiger partial charge in [-0.05, 0) is 92.2 Å². The van der Waals surface area contributed by atoms with Gasteiger partial charge in [0.25, 0.3) is 0 Å². The lowest BCUT2D eigenvalue weighted by atomic mass is 9.87. The van der Waals surface area contributed by atoms with Crippen LogP contribution in [0.15, 0.2) is 194 Å². The van der Waals surface area contributed by atoms with Crippen LogP contribution in [0.2, 0.25) is 0 Å². The minimum absolute atomic E-state index is 0.0861. The summed E-state index contributed by atoms with van der Waals surface area (Å²) in [7, 11) is 0. The molecule has 0 fully saturated rings. The van der Waals surface area contributed by atoms with Crippen molar-refractivity contribution in [2.24, 2.45) is 0 Å². The topological polar surface area (TPSA) is 30.7 Å². The van der Waals surface area contributed by atoms with Crippen molar-refractivity contribution in [3.05, 3.63) is 211 Å². The fourth-order valence-electron chi connectivity index (χ4n) is 9.39. The zero-order valence-electron chi connectivity index (χ0n) is 30.4. The van der Waals surface area contributed by atoms with Crippen molar-refractivity contribution in [3.8, 4) is 39.2 Å². The number of para-hydroxylation sites is 2. The van der Waals surface area contributed by atoms with Gasteiger partial charge in [0.15, 0.2) is 0 Å². The third kappa shape index (κ3) is 4.58. The molecule has 56 heavy (non-hydrogen) atoms. The SMILES string of the molecule is c1ccc(-n2c3ccccc3c3cc(-c4ccc5c(c4)C(c4cccc(-c6cnc7c8ccccc8c8ccccc8c7n6)c4)c4ccccc4-5)ccc32)cc1. The number of hydrogen-bond donors (Lipinski definition) is 0. The van der Waals surface area contributed by atoms with Gasteiger partial charge in [0, 0.05) is 38.7 Å². The maximum absolute atomic E-state index is 5.34. The average molecular weight is 712 g/mol. The maximum Gasteiger partial charge on any atom is 0.0979 e. The van der Waals surface area contributed by atoms with Crippen LogP contribution < -0.4 is 0 Å². The zero-order chi connectivity index (χ0) is 36.7. The van der Waals surface area contributed by atoms with E-state index < -0.39 is 0 Å². The standard InChI is InChI=1S/C53H33N3/c1-2-15-37(16-3-1)56-49-24-11-10-20-42(49)46-30-34(26-28-50(46)56)33-25-27-41-38-17-4-7-21-43(38)51(47(41)31-33)36-14-12-13-35(29-36)48-32-54-52-44-22-8-5-18-39(44)40-19-6-9-23-45(40)53(52)55-48/h1-32,51H. The summed E-state index contributed by atoms with van der Waals surface area (Å²) in [6.45, 7) is 0. The van der Waals surface area contributed by atoms with Crippen molar-refractivity contribution < 1.29 is 0 Å². The predicted molar refractivity (Wildman–Crippen MR) is 233 cm³/mol. The Hall–Kier alpha value is -7.36. The van der Waals surface area contributed by atoms with Gasteiger partial charge < -0.3 is 4.57 Å². The Kier molecular flexibility index (Phi) is 6.69. The minimum atomic E-state index is 0.0861. The highest BCUT2D eigenvalue weighted by Crippen LogP contribution is 2.50. The smallest absolute Gasteiger partial charge is 0.0979 e. The highest BCUT2D eigenvalue weighted by molar-refractivity contribution is 6.23. The molecule has 1 aliphatic carbocycles. The first-order valence-corrected chi connectivity index (χ1v) is 19.3. The van der Waals surface area contributed by atoms with Gasteiger partial charge in [0.1, 0.15) is 0 Å². The second kappa shape index (κ2) is 12.1. The van der Waals surface area contributed by atoms with Gasteiger partial charge in [-0.1, -0.05) is 146 Å². The van der Waals surface area contributed by atoms with E-state index >= 15 is 0 Å². The Bertz CT molecular complexity index is 3340. The van der Waals surface area contributed by atoms with Crippen molar-refractivity contribution in [3.63, 3.8) is 0 Å². The number of aromatic nitrogens is 3. The van der Waals surface area contributed by atoms with E-state index in [1.165, 1.54) is 77.2 Å². The molecule has 1 atom stereocenters. The Morgan fingerprint density at radius 1 is 0.393 bits per heavy atom. The maximum atomic E-state index is 5.34. The van der Waals surface area contributed by atoms with E-state index in [9.17, 15) is 0 Å². The van der Waals surface area contributed by atoms with Gasteiger partial charge in [-0.15, -0.1) is 0 Å². The molecular weight excluding hydrogens is 679 g/mol. The molecule has 260 valence electrons. The molecule has 3 heteroatoms. The van der Waals surface area contributed by atoms with Gasteiger partial charge in [-0.25, -0.2) is 4.98 Å². The molecule has 1 aliphatic rings. The fraction of sp³-hybridized carbons (Fsp3) is 0.0189. The second-order valence-electron chi connectivity index (χ2n) is 14.9. The lowest BCUT2D eigenvalue weighted by Crippen LogP contribution is -2.00. The highest BCUT2D eigenvalue weighted by atomic mass is 15.0. The molecular formula is C53H33N3. The van der Waals surface area contributed by atoms with E-state index in [1.807, 2.05) is 6.20 Å². The molecule has 0 spiro atoms. The van der Waals surface area contributed by atoms with Gasteiger partial charge in [0.05, 0.1) is 34.0 Å². The quantitative estimate of drug-likeness (QED) is 0.170. The van der Waals surface area contributed by atoms with E-state index in [0.29, 0.717) is 0 Å². The second-order valence-corrected chi connectivity index (χ2v) is 14.9. The van der Waals surface area contributed by atoms with Crippen LogP contribution in [0.4, 0.5) is 0 Å². The van der Waals surface area contributed by atoms with E-state index in [0.717, 1.165) is 33.1 Å². The van der Waals surface area contributed by atoms with Crippen LogP contribution in [0.3, 0.4) is 0 Å². The van der Waals surface area contributed by atoms with Gasteiger partial charge in [-0.2, -0.15) is 0 Å². The van der Waals surface area contributed by atoms with Crippen LogP contribution in [0, 0.1) is 0 Å². The van der Waals surface area contributed by atoms with Gasteiger partial charge in [-0.3, -0.25) is 4.98 Å². The number of rotatable bonds is 4. The summed E-state index contributed by atoms with van der Waals surface area (Å²) >= 11 is 0. The van der Waals surface area contributed by atoms with E-state index in [1.54, 1.807) is 0 Å². The van der Waals surface area contributed by atoms with Gasteiger partial charge in [0.2, 0.25) is 0 Å². The Balaban J connectivity index is 0.992. The number of nitrogens with zero attached hydrogens (tertiary/aromatic N) is 3. The van der Waals surface area contributed by atoms with Crippen molar-refractivity contribution in [1.82, 2.24) is 14.5 Å². The van der Waals surface area contributed by atoms with Gasteiger partial charge >= 0.3 is 0 Å². The molecule has 0 saturated carbocycles. The summed E-state index contributed by atoms with van der Waals surface area (Å²) in [5, 5.41) is 7.18. The number of benzene rings is 9. The molecule has 0 saturated heterocycles. The molecule has 0 aliphatic heterocycles. The van der Waals surface area contributed by atoms with Crippen LogP contribution >= 0.6 is 0 Å². The molecule has 12 rings (SSSR count). The van der Waals surface area contributed by atoms with Crippen LogP contribution in [0.5, 0.6) is 0 Å². The van der Waals surface area contributed by atoms with Crippen LogP contribution in [0.1, 0.15) is 22.6 Å². The molecule has 0 radical (unpaired) electrons. The minimum Gasteiger partial charge on any atom is -0.309 e. The Morgan fingerprint density at radius 3 is 1.88 bits per heavy atom. The van der Waals surface area contributed by atoms with Crippen molar-refractivity contribution in [2.45, 2.75) is 5.92 Å². The molecule has 0 bridgehead atoms. The lowest BCUT2D eigenvalue weighted by Gasteiger charge is -2.17. The summed E-state index contributed by atoms with van der Waals surface area (Å²) in [5.74, 6) is 0.0861. The third-order valence-electron chi connectivity index (χ3n) is 11.9. The summed E-state index contributed by atoms with van der Waals surface area (Å²) in [5.41, 5.74) is 16.4. The molecule has 11 aromatic rings. The van der Waals surface area contributed by atoms with Crippen molar-refractivity contribution >= 4 is 54.4 Å². The molecule has 0 amide bonds. The van der Waals surface area contributed by atoms with Crippen molar-refractivity contribution in [2.75, 3.05) is 0 Å². The first kappa shape index (κ1) is 31.0. The molecule has 9 aromatic carbocycles. The summed E-state index contributed by atoms with van der Waals surface area (Å²) in [6, 6.07) is 68.3. The monoisotopic (exact) mass is 711 g/mol. The largest absolute Gasteiger partial charge is 0.309 e. The van der Waals surface area contributed by atoms with E-state index in [-0.39, 0.29) is 5.92 Å². The summed E-state index contributed by atoms with van der Waals surface area (Å²) in [4.78, 5) is 10.4. The summed E-state index contributed by atoms with van der Waals surface area (Å²) in [6.07, 6.45) is 1.95. The molecule has 2 heterocycles. The Labute approximate surface area is 323 Å². The van der Waals surface area contributed by atoms with E-state index in [4.69, 9.17) is 9.97 Å². The molecule has 2 aromatic heterocycles. The van der Waals surface area contributed by atoms with Crippen LogP contribution in [-0.4, -0.2) is 14.5 Å². The first-order valence-electron chi connectivity index (χ1n) is 19.3. The average Bonchev–Trinajstić information content (AvgIpc) is 3.79. The van der Waals surface area contributed by atoms with Crippen molar-refractivity contribution in [1.29, 1.82) is 0 Å².